The Balaban J connectivity index is 1.70. The summed E-state index contributed by atoms with van der Waals surface area (Å²) in [4.78, 5) is 17.8. The van der Waals surface area contributed by atoms with Gasteiger partial charge in [-0.1, -0.05) is 0 Å². The Kier molecular flexibility index (Phi) is 4.50. The zero-order chi connectivity index (χ0) is 17.5. The van der Waals surface area contributed by atoms with Gasteiger partial charge >= 0.3 is 6.09 Å². The Hall–Kier alpha value is -1.70. The second-order valence-electron chi connectivity index (χ2n) is 7.23. The Bertz CT molecular complexity index is 609. The Morgan fingerprint density at radius 3 is 2.79 bits per heavy atom. The second-order valence-corrected chi connectivity index (χ2v) is 7.57. The number of anilines is 1. The molecule has 2 fully saturated rings. The third kappa shape index (κ3) is 3.53. The fourth-order valence-corrected chi connectivity index (χ4v) is 3.49. The van der Waals surface area contributed by atoms with Gasteiger partial charge in [0.15, 0.2) is 5.82 Å². The standard InChI is InChI=1S/C15H21ClFN5O2/c1-15(2,3)24-14(23)22-8-4-5-10(22)12(17)9(6-8)19-11-7-18-13(16)21-20-11/h7-10,12H,4-6H2,1-3H3,(H,19,20)/t8-,9-,10+,12-/m1/s1. The average molecular weight is 358 g/mol. The molecule has 0 saturated carbocycles. The molecule has 2 aliphatic rings. The summed E-state index contributed by atoms with van der Waals surface area (Å²) in [6.45, 7) is 5.42. The fraction of sp³-hybridized carbons (Fsp3) is 0.733. The van der Waals surface area contributed by atoms with Crippen molar-refractivity contribution < 1.29 is 13.9 Å². The number of carbonyl (C=O) groups excluding carboxylic acids is 1. The quantitative estimate of drug-likeness (QED) is 0.876. The highest BCUT2D eigenvalue weighted by atomic mass is 35.5. The van der Waals surface area contributed by atoms with Crippen molar-refractivity contribution in [2.75, 3.05) is 5.32 Å². The number of amides is 1. The van der Waals surface area contributed by atoms with Gasteiger partial charge in [-0.2, -0.15) is 0 Å². The van der Waals surface area contributed by atoms with Gasteiger partial charge in [0, 0.05) is 6.04 Å². The third-order valence-corrected chi connectivity index (χ3v) is 4.47. The number of carbonyl (C=O) groups is 1. The van der Waals surface area contributed by atoms with E-state index in [1.165, 1.54) is 6.20 Å². The van der Waals surface area contributed by atoms with E-state index < -0.39 is 29.9 Å². The van der Waals surface area contributed by atoms with Gasteiger partial charge in [0.25, 0.3) is 0 Å². The number of nitrogens with one attached hydrogen (secondary N) is 1. The first-order chi connectivity index (χ1) is 11.2. The maximum atomic E-state index is 14.9. The molecule has 1 amide bonds. The van der Waals surface area contributed by atoms with Gasteiger partial charge in [-0.05, 0) is 51.6 Å². The molecule has 1 aromatic rings. The van der Waals surface area contributed by atoms with Crippen LogP contribution in [0.4, 0.5) is 15.0 Å². The van der Waals surface area contributed by atoms with Crippen LogP contribution in [0.5, 0.6) is 0 Å². The summed E-state index contributed by atoms with van der Waals surface area (Å²) in [6.07, 6.45) is 1.66. The molecule has 9 heteroatoms. The lowest BCUT2D eigenvalue weighted by Crippen LogP contribution is -2.57. The molecule has 24 heavy (non-hydrogen) atoms. The average Bonchev–Trinajstić information content (AvgIpc) is 2.83. The highest BCUT2D eigenvalue weighted by Gasteiger charge is 2.51. The molecule has 0 unspecified atom stereocenters. The number of piperidine rings is 1. The summed E-state index contributed by atoms with van der Waals surface area (Å²) >= 11 is 5.60. The van der Waals surface area contributed by atoms with Crippen LogP contribution in [0.15, 0.2) is 6.20 Å². The van der Waals surface area contributed by atoms with E-state index in [-0.39, 0.29) is 11.3 Å². The number of ether oxygens (including phenoxy) is 1. The number of aromatic nitrogens is 3. The van der Waals surface area contributed by atoms with Crippen molar-refractivity contribution in [3.8, 4) is 0 Å². The molecule has 0 spiro atoms. The number of rotatable bonds is 2. The maximum absolute atomic E-state index is 14.9. The van der Waals surface area contributed by atoms with Gasteiger partial charge in [-0.3, -0.25) is 4.90 Å². The smallest absolute Gasteiger partial charge is 0.410 e. The first-order valence-electron chi connectivity index (χ1n) is 8.02. The molecule has 1 aromatic heterocycles. The summed E-state index contributed by atoms with van der Waals surface area (Å²) < 4.78 is 20.4. The molecule has 132 valence electrons. The maximum Gasteiger partial charge on any atom is 0.410 e. The monoisotopic (exact) mass is 357 g/mol. The SMILES string of the molecule is CC(C)(C)OC(=O)N1[C@@H]2CC[C@H]1[C@H](F)[C@H](Nc1cnc(Cl)nn1)C2. The molecule has 2 saturated heterocycles. The lowest BCUT2D eigenvalue weighted by atomic mass is 9.95. The van der Waals surface area contributed by atoms with E-state index in [0.29, 0.717) is 18.7 Å². The molecule has 0 radical (unpaired) electrons. The van der Waals surface area contributed by atoms with Crippen molar-refractivity contribution in [1.82, 2.24) is 20.1 Å². The van der Waals surface area contributed by atoms with Crippen molar-refractivity contribution in [2.45, 2.75) is 69.9 Å². The predicted molar refractivity (Wildman–Crippen MR) is 86.6 cm³/mol. The van der Waals surface area contributed by atoms with Crippen LogP contribution >= 0.6 is 11.6 Å². The molecular formula is C15H21ClFN5O2. The van der Waals surface area contributed by atoms with Crippen molar-refractivity contribution in [3.05, 3.63) is 11.5 Å². The fourth-order valence-electron chi connectivity index (χ4n) is 3.40. The minimum absolute atomic E-state index is 0.0390. The lowest BCUT2D eigenvalue weighted by Gasteiger charge is -2.41. The van der Waals surface area contributed by atoms with E-state index in [9.17, 15) is 9.18 Å². The van der Waals surface area contributed by atoms with Crippen LogP contribution in [0.2, 0.25) is 5.28 Å². The summed E-state index contributed by atoms with van der Waals surface area (Å²) in [5.74, 6) is 0.372. The number of hydrogen-bond donors (Lipinski definition) is 1. The van der Waals surface area contributed by atoms with Gasteiger partial charge < -0.3 is 10.1 Å². The molecule has 2 bridgehead atoms. The molecular weight excluding hydrogens is 337 g/mol. The van der Waals surface area contributed by atoms with Crippen molar-refractivity contribution in [2.24, 2.45) is 0 Å². The van der Waals surface area contributed by atoms with Crippen molar-refractivity contribution in [3.63, 3.8) is 0 Å². The van der Waals surface area contributed by atoms with Crippen molar-refractivity contribution >= 4 is 23.5 Å². The molecule has 3 heterocycles. The molecule has 4 atom stereocenters. The molecule has 0 aliphatic carbocycles. The summed E-state index contributed by atoms with van der Waals surface area (Å²) in [5, 5.41) is 10.6. The number of nitrogens with zero attached hydrogens (tertiary/aromatic N) is 4. The Labute approximate surface area is 144 Å². The highest BCUT2D eigenvalue weighted by molar-refractivity contribution is 6.28. The van der Waals surface area contributed by atoms with Crippen molar-refractivity contribution in [1.29, 1.82) is 0 Å². The van der Waals surface area contributed by atoms with Crippen LogP contribution in [-0.2, 0) is 4.74 Å². The van der Waals surface area contributed by atoms with Crippen LogP contribution in [0.1, 0.15) is 40.0 Å². The number of halogens is 2. The summed E-state index contributed by atoms with van der Waals surface area (Å²) in [5.41, 5.74) is -0.595. The van der Waals surface area contributed by atoms with Crippen LogP contribution in [0.3, 0.4) is 0 Å². The summed E-state index contributed by atoms with van der Waals surface area (Å²) in [7, 11) is 0. The molecule has 2 aliphatic heterocycles. The topological polar surface area (TPSA) is 80.2 Å². The van der Waals surface area contributed by atoms with E-state index in [1.807, 2.05) is 0 Å². The highest BCUT2D eigenvalue weighted by Crippen LogP contribution is 2.39. The first kappa shape index (κ1) is 17.1. The zero-order valence-corrected chi connectivity index (χ0v) is 14.6. The summed E-state index contributed by atoms with van der Waals surface area (Å²) in [6, 6.07) is -0.967. The van der Waals surface area contributed by atoms with E-state index in [1.54, 1.807) is 25.7 Å². The van der Waals surface area contributed by atoms with E-state index >= 15 is 0 Å². The van der Waals surface area contributed by atoms with Crippen LogP contribution in [-0.4, -0.2) is 56.1 Å². The Morgan fingerprint density at radius 1 is 1.42 bits per heavy atom. The van der Waals surface area contributed by atoms with Gasteiger partial charge in [0.05, 0.1) is 18.3 Å². The Morgan fingerprint density at radius 2 is 2.17 bits per heavy atom. The minimum atomic E-state index is -1.21. The largest absolute Gasteiger partial charge is 0.444 e. The van der Waals surface area contributed by atoms with Gasteiger partial charge in [0.2, 0.25) is 5.28 Å². The molecule has 3 rings (SSSR count). The normalized spacial score (nSPS) is 29.5. The predicted octanol–water partition coefficient (Wildman–Crippen LogP) is 2.82. The zero-order valence-electron chi connectivity index (χ0n) is 13.9. The van der Waals surface area contributed by atoms with Crippen LogP contribution in [0, 0.1) is 0 Å². The van der Waals surface area contributed by atoms with Gasteiger partial charge in [0.1, 0.15) is 11.8 Å². The van der Waals surface area contributed by atoms with Crippen LogP contribution in [0.25, 0.3) is 0 Å². The molecule has 7 nitrogen and oxygen atoms in total. The van der Waals surface area contributed by atoms with Gasteiger partial charge in [-0.15, -0.1) is 10.2 Å². The minimum Gasteiger partial charge on any atom is -0.444 e. The third-order valence-electron chi connectivity index (χ3n) is 4.30. The van der Waals surface area contributed by atoms with E-state index in [2.05, 4.69) is 20.5 Å². The molecule has 0 aromatic carbocycles. The number of alkyl halides is 1. The number of fused-ring (bicyclic) bond motifs is 2. The van der Waals surface area contributed by atoms with Crippen LogP contribution < -0.4 is 5.32 Å². The number of hydrogen-bond acceptors (Lipinski definition) is 6. The molecule has 1 N–H and O–H groups in total. The first-order valence-corrected chi connectivity index (χ1v) is 8.39. The van der Waals surface area contributed by atoms with E-state index in [4.69, 9.17) is 16.3 Å². The van der Waals surface area contributed by atoms with Gasteiger partial charge in [-0.25, -0.2) is 14.2 Å². The van der Waals surface area contributed by atoms with E-state index in [0.717, 1.165) is 6.42 Å². The second kappa shape index (κ2) is 6.31. The lowest BCUT2D eigenvalue weighted by molar-refractivity contribution is -0.00834.